The summed E-state index contributed by atoms with van der Waals surface area (Å²) in [5.41, 5.74) is 2.69. The largest absolute Gasteiger partial charge is 0.361 e. The first-order valence-corrected chi connectivity index (χ1v) is 10.2. The number of benzene rings is 1. The molecule has 2 N–H and O–H groups in total. The van der Waals surface area contributed by atoms with E-state index in [0.29, 0.717) is 18.3 Å². The van der Waals surface area contributed by atoms with Crippen molar-refractivity contribution in [1.29, 1.82) is 0 Å². The van der Waals surface area contributed by atoms with Gasteiger partial charge in [0.15, 0.2) is 11.5 Å². The number of aromatic amines is 1. The van der Waals surface area contributed by atoms with Crippen molar-refractivity contribution in [3.63, 3.8) is 0 Å². The zero-order chi connectivity index (χ0) is 19.3. The van der Waals surface area contributed by atoms with Gasteiger partial charge in [-0.05, 0) is 55.9 Å². The number of anilines is 1. The minimum absolute atomic E-state index is 0.176. The predicted molar refractivity (Wildman–Crippen MR) is 112 cm³/mol. The average molecular weight is 377 g/mol. The van der Waals surface area contributed by atoms with Crippen molar-refractivity contribution in [3.8, 4) is 0 Å². The molecule has 1 atom stereocenters. The summed E-state index contributed by atoms with van der Waals surface area (Å²) in [6, 6.07) is 12.4. The van der Waals surface area contributed by atoms with Crippen molar-refractivity contribution in [3.05, 3.63) is 53.9 Å². The third kappa shape index (κ3) is 3.86. The van der Waals surface area contributed by atoms with E-state index in [1.54, 1.807) is 6.07 Å². The highest BCUT2D eigenvalue weighted by atomic mass is 16.1. The maximum Gasteiger partial charge on any atom is 0.271 e. The third-order valence-corrected chi connectivity index (χ3v) is 5.63. The minimum Gasteiger partial charge on any atom is -0.361 e. The Balaban J connectivity index is 1.34. The Morgan fingerprint density at radius 2 is 2.11 bits per heavy atom. The van der Waals surface area contributed by atoms with Gasteiger partial charge < -0.3 is 15.2 Å². The SMILES string of the molecule is CCC1CCCCN1c1ccc(C(=O)NCCc2c[nH]c3ccccc23)nn1. The van der Waals surface area contributed by atoms with Crippen molar-refractivity contribution >= 4 is 22.6 Å². The molecular formula is C22H27N5O. The molecule has 3 aromatic rings. The maximum absolute atomic E-state index is 12.4. The van der Waals surface area contributed by atoms with E-state index in [1.807, 2.05) is 24.4 Å². The van der Waals surface area contributed by atoms with Gasteiger partial charge in [-0.1, -0.05) is 25.1 Å². The summed E-state index contributed by atoms with van der Waals surface area (Å²) in [5.74, 6) is 0.700. The van der Waals surface area contributed by atoms with Gasteiger partial charge in [-0.25, -0.2) is 0 Å². The number of carbonyl (C=O) groups excluding carboxylic acids is 1. The highest BCUT2D eigenvalue weighted by Gasteiger charge is 2.22. The van der Waals surface area contributed by atoms with Crippen LogP contribution in [0.2, 0.25) is 0 Å². The minimum atomic E-state index is -0.176. The van der Waals surface area contributed by atoms with Crippen molar-refractivity contribution in [2.75, 3.05) is 18.0 Å². The van der Waals surface area contributed by atoms with Gasteiger partial charge >= 0.3 is 0 Å². The van der Waals surface area contributed by atoms with Crippen LogP contribution in [-0.2, 0) is 6.42 Å². The fraction of sp³-hybridized carbons (Fsp3) is 0.409. The number of fused-ring (bicyclic) bond motifs is 1. The highest BCUT2D eigenvalue weighted by Crippen LogP contribution is 2.24. The van der Waals surface area contributed by atoms with Gasteiger partial charge in [-0.3, -0.25) is 4.79 Å². The average Bonchev–Trinajstić information content (AvgIpc) is 3.17. The molecule has 1 saturated heterocycles. The van der Waals surface area contributed by atoms with E-state index in [4.69, 9.17) is 0 Å². The smallest absolute Gasteiger partial charge is 0.271 e. The van der Waals surface area contributed by atoms with Crippen LogP contribution >= 0.6 is 0 Å². The standard InChI is InChI=1S/C22H27N5O/c1-2-17-7-5-6-14-27(17)21-11-10-20(25-26-21)22(28)23-13-12-16-15-24-19-9-4-3-8-18(16)19/h3-4,8-11,15,17,24H,2,5-7,12-14H2,1H3,(H,23,28). The van der Waals surface area contributed by atoms with E-state index in [2.05, 4.69) is 44.5 Å². The Morgan fingerprint density at radius 1 is 1.21 bits per heavy atom. The van der Waals surface area contributed by atoms with Gasteiger partial charge in [0.1, 0.15) is 0 Å². The number of amides is 1. The molecule has 0 aliphatic carbocycles. The van der Waals surface area contributed by atoms with E-state index in [9.17, 15) is 4.79 Å². The topological polar surface area (TPSA) is 73.9 Å². The Labute approximate surface area is 165 Å². The van der Waals surface area contributed by atoms with Crippen LogP contribution in [0.25, 0.3) is 10.9 Å². The van der Waals surface area contributed by atoms with Gasteiger partial charge in [-0.2, -0.15) is 0 Å². The second kappa shape index (κ2) is 8.42. The summed E-state index contributed by atoms with van der Waals surface area (Å²) >= 11 is 0. The molecular weight excluding hydrogens is 350 g/mol. The number of H-pyrrole nitrogens is 1. The molecule has 6 heteroatoms. The van der Waals surface area contributed by atoms with Crippen molar-refractivity contribution in [2.24, 2.45) is 0 Å². The summed E-state index contributed by atoms with van der Waals surface area (Å²) < 4.78 is 0. The van der Waals surface area contributed by atoms with Crippen LogP contribution in [0.5, 0.6) is 0 Å². The second-order valence-electron chi connectivity index (χ2n) is 7.39. The van der Waals surface area contributed by atoms with Gasteiger partial charge in [0.25, 0.3) is 5.91 Å². The molecule has 0 saturated carbocycles. The number of aromatic nitrogens is 3. The molecule has 1 fully saturated rings. The first-order chi connectivity index (χ1) is 13.8. The molecule has 3 heterocycles. The second-order valence-corrected chi connectivity index (χ2v) is 7.39. The molecule has 0 spiro atoms. The number of hydrogen-bond donors (Lipinski definition) is 2. The molecule has 28 heavy (non-hydrogen) atoms. The molecule has 4 rings (SSSR count). The lowest BCUT2D eigenvalue weighted by Crippen LogP contribution is -2.39. The summed E-state index contributed by atoms with van der Waals surface area (Å²) in [6.45, 7) is 3.80. The lowest BCUT2D eigenvalue weighted by molar-refractivity contribution is 0.0948. The van der Waals surface area contributed by atoms with Crippen molar-refractivity contribution in [2.45, 2.75) is 45.1 Å². The summed E-state index contributed by atoms with van der Waals surface area (Å²) in [5, 5.41) is 12.7. The molecule has 0 bridgehead atoms. The normalized spacial score (nSPS) is 17.0. The summed E-state index contributed by atoms with van der Waals surface area (Å²) in [7, 11) is 0. The molecule has 6 nitrogen and oxygen atoms in total. The third-order valence-electron chi connectivity index (χ3n) is 5.63. The Hall–Kier alpha value is -2.89. The molecule has 146 valence electrons. The molecule has 1 aliphatic rings. The first-order valence-electron chi connectivity index (χ1n) is 10.2. The number of nitrogens with zero attached hydrogens (tertiary/aromatic N) is 3. The number of rotatable bonds is 6. The lowest BCUT2D eigenvalue weighted by atomic mass is 10.0. The van der Waals surface area contributed by atoms with E-state index >= 15 is 0 Å². The van der Waals surface area contributed by atoms with Crippen molar-refractivity contribution < 1.29 is 4.79 Å². The van der Waals surface area contributed by atoms with Crippen LogP contribution < -0.4 is 10.2 Å². The van der Waals surface area contributed by atoms with Crippen LogP contribution in [-0.4, -0.2) is 40.2 Å². The zero-order valence-corrected chi connectivity index (χ0v) is 16.3. The molecule has 1 amide bonds. The number of hydrogen-bond acceptors (Lipinski definition) is 4. The van der Waals surface area contributed by atoms with Gasteiger partial charge in [0, 0.05) is 36.2 Å². The fourth-order valence-corrected chi connectivity index (χ4v) is 4.07. The Bertz CT molecular complexity index is 934. The van der Waals surface area contributed by atoms with E-state index in [0.717, 1.165) is 30.7 Å². The van der Waals surface area contributed by atoms with Gasteiger partial charge in [-0.15, -0.1) is 10.2 Å². The van der Waals surface area contributed by atoms with E-state index in [1.165, 1.54) is 30.2 Å². The highest BCUT2D eigenvalue weighted by molar-refractivity contribution is 5.92. The summed E-state index contributed by atoms with van der Waals surface area (Å²) in [6.07, 6.45) is 7.56. The summed E-state index contributed by atoms with van der Waals surface area (Å²) in [4.78, 5) is 18.0. The Kier molecular flexibility index (Phi) is 5.55. The lowest BCUT2D eigenvalue weighted by Gasteiger charge is -2.35. The quantitative estimate of drug-likeness (QED) is 0.687. The van der Waals surface area contributed by atoms with Crippen LogP contribution in [0.4, 0.5) is 5.82 Å². The molecule has 2 aromatic heterocycles. The monoisotopic (exact) mass is 377 g/mol. The molecule has 1 aliphatic heterocycles. The van der Waals surface area contributed by atoms with Gasteiger partial charge in [0.05, 0.1) is 0 Å². The zero-order valence-electron chi connectivity index (χ0n) is 16.3. The van der Waals surface area contributed by atoms with Crippen LogP contribution in [0.1, 0.15) is 48.7 Å². The number of nitrogens with one attached hydrogen (secondary N) is 2. The fourth-order valence-electron chi connectivity index (χ4n) is 4.07. The number of piperidine rings is 1. The van der Waals surface area contributed by atoms with Crippen LogP contribution in [0.3, 0.4) is 0 Å². The van der Waals surface area contributed by atoms with Crippen LogP contribution in [0, 0.1) is 0 Å². The molecule has 1 aromatic carbocycles. The van der Waals surface area contributed by atoms with Crippen molar-refractivity contribution in [1.82, 2.24) is 20.5 Å². The van der Waals surface area contributed by atoms with E-state index < -0.39 is 0 Å². The predicted octanol–water partition coefficient (Wildman–Crippen LogP) is 3.70. The van der Waals surface area contributed by atoms with Crippen LogP contribution in [0.15, 0.2) is 42.6 Å². The first kappa shape index (κ1) is 18.5. The molecule has 1 unspecified atom stereocenters. The number of carbonyl (C=O) groups is 1. The molecule has 0 radical (unpaired) electrons. The van der Waals surface area contributed by atoms with E-state index in [-0.39, 0.29) is 5.91 Å². The number of para-hydroxylation sites is 1. The van der Waals surface area contributed by atoms with Gasteiger partial charge in [0.2, 0.25) is 0 Å². The Morgan fingerprint density at radius 3 is 2.93 bits per heavy atom. The maximum atomic E-state index is 12.4.